The van der Waals surface area contributed by atoms with E-state index in [9.17, 15) is 4.79 Å². The van der Waals surface area contributed by atoms with Crippen LogP contribution >= 0.6 is 0 Å². The highest BCUT2D eigenvalue weighted by Crippen LogP contribution is 2.32. The van der Waals surface area contributed by atoms with Gasteiger partial charge in [-0.15, -0.1) is 0 Å². The molecule has 0 aliphatic heterocycles. The van der Waals surface area contributed by atoms with Crippen molar-refractivity contribution in [3.63, 3.8) is 0 Å². The van der Waals surface area contributed by atoms with Crippen LogP contribution < -0.4 is 4.90 Å². The Morgan fingerprint density at radius 1 is 1.04 bits per heavy atom. The molecule has 0 saturated carbocycles. The largest absolute Gasteiger partial charge is 0.443 e. The van der Waals surface area contributed by atoms with Gasteiger partial charge in [-0.3, -0.25) is 4.90 Å². The van der Waals surface area contributed by atoms with Crippen LogP contribution in [0.25, 0.3) is 10.8 Å². The molecule has 1 amide bonds. The van der Waals surface area contributed by atoms with Crippen molar-refractivity contribution in [3.05, 3.63) is 42.0 Å². The summed E-state index contributed by atoms with van der Waals surface area (Å²) in [5, 5.41) is 2.24. The summed E-state index contributed by atoms with van der Waals surface area (Å²) in [6.45, 7) is 10.7. The van der Waals surface area contributed by atoms with Gasteiger partial charge in [0.25, 0.3) is 0 Å². The minimum Gasteiger partial charge on any atom is -0.443 e. The molecule has 0 saturated heterocycles. The summed E-state index contributed by atoms with van der Waals surface area (Å²) in [5.41, 5.74) is 1.57. The highest BCUT2D eigenvalue weighted by molar-refractivity contribution is 6.03. The van der Waals surface area contributed by atoms with Crippen molar-refractivity contribution in [2.75, 3.05) is 11.4 Å². The Kier molecular flexibility index (Phi) is 6.46. The number of fused-ring (bicyclic) bond motifs is 1. The third kappa shape index (κ3) is 5.22. The van der Waals surface area contributed by atoms with Gasteiger partial charge in [0, 0.05) is 11.9 Å². The minimum atomic E-state index is -0.503. The number of nitrogens with zero attached hydrogens (tertiary/aromatic N) is 1. The number of carbonyl (C=O) groups is 1. The van der Waals surface area contributed by atoms with Gasteiger partial charge >= 0.3 is 6.09 Å². The summed E-state index contributed by atoms with van der Waals surface area (Å²) >= 11 is 0. The van der Waals surface area contributed by atoms with E-state index in [1.165, 1.54) is 12.8 Å². The Hall–Kier alpha value is -2.03. The maximum Gasteiger partial charge on any atom is 0.414 e. The summed E-state index contributed by atoms with van der Waals surface area (Å²) in [4.78, 5) is 14.8. The van der Waals surface area contributed by atoms with Crippen LogP contribution in [-0.2, 0) is 4.74 Å². The summed E-state index contributed by atoms with van der Waals surface area (Å²) in [6, 6.07) is 12.4. The lowest BCUT2D eigenvalue weighted by atomic mass is 10.0. The maximum atomic E-state index is 12.9. The zero-order chi connectivity index (χ0) is 18.4. The highest BCUT2D eigenvalue weighted by Gasteiger charge is 2.25. The van der Waals surface area contributed by atoms with Crippen LogP contribution in [0.4, 0.5) is 10.5 Å². The van der Waals surface area contributed by atoms with Crippen molar-refractivity contribution in [2.24, 2.45) is 0 Å². The number of unbranched alkanes of at least 4 members (excludes halogenated alkanes) is 3. The van der Waals surface area contributed by atoms with Crippen LogP contribution in [0.2, 0.25) is 0 Å². The lowest BCUT2D eigenvalue weighted by Crippen LogP contribution is -2.38. The number of carbonyl (C=O) groups excluding carboxylic acids is 1. The van der Waals surface area contributed by atoms with Gasteiger partial charge < -0.3 is 4.74 Å². The predicted molar refractivity (Wildman–Crippen MR) is 106 cm³/mol. The molecular formula is C22H31NO2. The molecule has 0 unspecified atom stereocenters. The van der Waals surface area contributed by atoms with Crippen LogP contribution in [0.1, 0.15) is 58.9 Å². The fourth-order valence-corrected chi connectivity index (χ4v) is 3.03. The number of ether oxygens (including phenoxy) is 1. The summed E-state index contributed by atoms with van der Waals surface area (Å²) in [5.74, 6) is 0. The molecule has 0 atom stereocenters. The first-order chi connectivity index (χ1) is 11.8. The van der Waals surface area contributed by atoms with Gasteiger partial charge in [-0.1, -0.05) is 62.6 Å². The van der Waals surface area contributed by atoms with Crippen LogP contribution in [-0.4, -0.2) is 18.2 Å². The van der Waals surface area contributed by atoms with Crippen LogP contribution in [0.15, 0.2) is 36.4 Å². The monoisotopic (exact) mass is 341 g/mol. The zero-order valence-corrected chi connectivity index (χ0v) is 16.3. The molecule has 3 nitrogen and oxygen atoms in total. The number of hydrogen-bond donors (Lipinski definition) is 0. The number of rotatable bonds is 6. The normalized spacial score (nSPS) is 11.6. The quantitative estimate of drug-likeness (QED) is 0.563. The van der Waals surface area contributed by atoms with E-state index in [0.717, 1.165) is 34.9 Å². The number of amides is 1. The molecule has 2 aromatic rings. The molecule has 0 bridgehead atoms. The number of hydrogen-bond acceptors (Lipinski definition) is 2. The third-order valence-corrected chi connectivity index (χ3v) is 4.22. The molecule has 2 rings (SSSR count). The van der Waals surface area contributed by atoms with E-state index in [1.54, 1.807) is 0 Å². The Morgan fingerprint density at radius 2 is 1.76 bits per heavy atom. The molecule has 3 heteroatoms. The summed E-state index contributed by atoms with van der Waals surface area (Å²) in [7, 11) is 0. The van der Waals surface area contributed by atoms with Crippen molar-refractivity contribution in [3.8, 4) is 0 Å². The standard InChI is InChI=1S/C22H31NO2/c1-6-7-8-11-16-23(21(24)25-22(3,4)5)20-17(2)14-15-18-12-9-10-13-19(18)20/h9-10,12-15H,6-8,11,16H2,1-5H3. The van der Waals surface area contributed by atoms with E-state index in [1.807, 2.05) is 37.8 Å². The molecule has 2 aromatic carbocycles. The van der Waals surface area contributed by atoms with E-state index in [0.29, 0.717) is 6.54 Å². The van der Waals surface area contributed by atoms with Crippen LogP contribution in [0.3, 0.4) is 0 Å². The smallest absolute Gasteiger partial charge is 0.414 e. The topological polar surface area (TPSA) is 29.5 Å². The fourth-order valence-electron chi connectivity index (χ4n) is 3.03. The maximum absolute atomic E-state index is 12.9. The first-order valence-corrected chi connectivity index (χ1v) is 9.32. The van der Waals surface area contributed by atoms with Crippen LogP contribution in [0.5, 0.6) is 0 Å². The predicted octanol–water partition coefficient (Wildman–Crippen LogP) is 6.47. The van der Waals surface area contributed by atoms with Crippen molar-refractivity contribution in [2.45, 2.75) is 65.9 Å². The molecule has 136 valence electrons. The van der Waals surface area contributed by atoms with Gasteiger partial charge in [-0.25, -0.2) is 4.79 Å². The van der Waals surface area contributed by atoms with Gasteiger partial charge in [-0.2, -0.15) is 0 Å². The second kappa shape index (κ2) is 8.37. The van der Waals surface area contributed by atoms with Crippen molar-refractivity contribution >= 4 is 22.6 Å². The fraction of sp³-hybridized carbons (Fsp3) is 0.500. The zero-order valence-electron chi connectivity index (χ0n) is 16.3. The van der Waals surface area contributed by atoms with Crippen molar-refractivity contribution in [1.82, 2.24) is 0 Å². The second-order valence-electron chi connectivity index (χ2n) is 7.64. The van der Waals surface area contributed by atoms with Gasteiger partial charge in [0.1, 0.15) is 5.60 Å². The molecule has 0 aliphatic carbocycles. The summed E-state index contributed by atoms with van der Waals surface area (Å²) in [6.07, 6.45) is 4.22. The first-order valence-electron chi connectivity index (χ1n) is 9.32. The molecule has 0 heterocycles. The van der Waals surface area contributed by atoms with E-state index in [2.05, 4.69) is 38.1 Å². The lowest BCUT2D eigenvalue weighted by Gasteiger charge is -2.29. The van der Waals surface area contributed by atoms with E-state index in [-0.39, 0.29) is 6.09 Å². The molecular weight excluding hydrogens is 310 g/mol. The molecule has 0 spiro atoms. The Bertz CT molecular complexity index is 716. The number of benzene rings is 2. The third-order valence-electron chi connectivity index (χ3n) is 4.22. The molecule has 0 N–H and O–H groups in total. The number of aryl methyl sites for hydroxylation is 1. The average Bonchev–Trinajstić information content (AvgIpc) is 2.54. The SMILES string of the molecule is CCCCCCN(C(=O)OC(C)(C)C)c1c(C)ccc2ccccc12. The highest BCUT2D eigenvalue weighted by atomic mass is 16.6. The van der Waals surface area contributed by atoms with E-state index in [4.69, 9.17) is 4.74 Å². The lowest BCUT2D eigenvalue weighted by molar-refractivity contribution is 0.0580. The van der Waals surface area contributed by atoms with Gasteiger partial charge in [0.05, 0.1) is 5.69 Å². The molecule has 25 heavy (non-hydrogen) atoms. The summed E-state index contributed by atoms with van der Waals surface area (Å²) < 4.78 is 5.70. The molecule has 0 aliphatic rings. The van der Waals surface area contributed by atoms with Crippen LogP contribution in [0, 0.1) is 6.92 Å². The van der Waals surface area contributed by atoms with Crippen molar-refractivity contribution in [1.29, 1.82) is 0 Å². The number of anilines is 1. The van der Waals surface area contributed by atoms with Gasteiger partial charge in [0.15, 0.2) is 0 Å². The minimum absolute atomic E-state index is 0.261. The molecule has 0 fully saturated rings. The Morgan fingerprint density at radius 3 is 2.44 bits per heavy atom. The van der Waals surface area contributed by atoms with E-state index >= 15 is 0 Å². The second-order valence-corrected chi connectivity index (χ2v) is 7.64. The van der Waals surface area contributed by atoms with E-state index < -0.39 is 5.60 Å². The average molecular weight is 341 g/mol. The van der Waals surface area contributed by atoms with Crippen molar-refractivity contribution < 1.29 is 9.53 Å². The Balaban J connectivity index is 2.40. The molecule has 0 aromatic heterocycles. The first kappa shape index (κ1) is 19.3. The van der Waals surface area contributed by atoms with Gasteiger partial charge in [-0.05, 0) is 45.1 Å². The molecule has 0 radical (unpaired) electrons. The van der Waals surface area contributed by atoms with Gasteiger partial charge in [0.2, 0.25) is 0 Å². The Labute approximate surface area is 152 Å².